The average Bonchev–Trinajstić information content (AvgIpc) is 3.17. The number of fused-ring (bicyclic) bond motifs is 1. The van der Waals surface area contributed by atoms with Gasteiger partial charge in [0.15, 0.2) is 11.5 Å². The molecule has 0 radical (unpaired) electrons. The standard InChI is InChI=1S/C20H24N2O5S/c1-15-3-2-4-16(11-15)18(22-7-9-25-10-8-22)13-21-28(23,24)17-5-6-19-20(12-17)27-14-26-19/h2-6,11-12,18,21H,7-10,13-14H2,1H3/t18-/m1/s1. The Morgan fingerprint density at radius 3 is 2.64 bits per heavy atom. The molecule has 2 aromatic carbocycles. The van der Waals surface area contributed by atoms with E-state index in [1.807, 2.05) is 25.1 Å². The molecular formula is C20H24N2O5S. The number of aryl methyl sites for hydroxylation is 1. The fraction of sp³-hybridized carbons (Fsp3) is 0.400. The van der Waals surface area contributed by atoms with Gasteiger partial charge in [0.2, 0.25) is 16.8 Å². The summed E-state index contributed by atoms with van der Waals surface area (Å²) in [7, 11) is -3.68. The van der Waals surface area contributed by atoms with Gasteiger partial charge < -0.3 is 14.2 Å². The van der Waals surface area contributed by atoms with E-state index in [0.29, 0.717) is 24.7 Å². The minimum Gasteiger partial charge on any atom is -0.454 e. The molecule has 1 atom stereocenters. The zero-order valence-electron chi connectivity index (χ0n) is 15.8. The molecule has 0 aliphatic carbocycles. The number of morpholine rings is 1. The molecule has 2 heterocycles. The van der Waals surface area contributed by atoms with Gasteiger partial charge in [-0.25, -0.2) is 13.1 Å². The van der Waals surface area contributed by atoms with Crippen molar-refractivity contribution < 1.29 is 22.6 Å². The van der Waals surface area contributed by atoms with Gasteiger partial charge in [0.05, 0.1) is 18.1 Å². The molecule has 0 spiro atoms. The van der Waals surface area contributed by atoms with Crippen molar-refractivity contribution in [1.29, 1.82) is 0 Å². The zero-order chi connectivity index (χ0) is 19.6. The van der Waals surface area contributed by atoms with E-state index in [2.05, 4.69) is 15.7 Å². The van der Waals surface area contributed by atoms with Gasteiger partial charge in [-0.2, -0.15) is 0 Å². The summed E-state index contributed by atoms with van der Waals surface area (Å²) in [6, 6.07) is 12.8. The molecule has 2 aliphatic rings. The van der Waals surface area contributed by atoms with Crippen molar-refractivity contribution >= 4 is 10.0 Å². The molecule has 0 bridgehead atoms. The van der Waals surface area contributed by atoms with E-state index in [1.165, 1.54) is 12.1 Å². The Bertz CT molecular complexity index is 941. The lowest BCUT2D eigenvalue weighted by Crippen LogP contribution is -2.43. The Morgan fingerprint density at radius 1 is 1.07 bits per heavy atom. The Morgan fingerprint density at radius 2 is 1.86 bits per heavy atom. The van der Waals surface area contributed by atoms with Gasteiger partial charge in [-0.3, -0.25) is 4.90 Å². The lowest BCUT2D eigenvalue weighted by molar-refractivity contribution is 0.0172. The smallest absolute Gasteiger partial charge is 0.240 e. The molecule has 28 heavy (non-hydrogen) atoms. The van der Waals surface area contributed by atoms with E-state index < -0.39 is 10.0 Å². The minimum absolute atomic E-state index is 0.0624. The van der Waals surface area contributed by atoms with Gasteiger partial charge in [0.1, 0.15) is 0 Å². The third kappa shape index (κ3) is 4.15. The maximum atomic E-state index is 12.9. The number of ether oxygens (including phenoxy) is 3. The van der Waals surface area contributed by atoms with Crippen LogP contribution in [0.25, 0.3) is 0 Å². The van der Waals surface area contributed by atoms with Crippen LogP contribution in [-0.4, -0.2) is 53.0 Å². The second-order valence-corrected chi connectivity index (χ2v) is 8.71. The van der Waals surface area contributed by atoms with Gasteiger partial charge in [-0.1, -0.05) is 29.8 Å². The summed E-state index contributed by atoms with van der Waals surface area (Å²) in [6.45, 7) is 5.26. The van der Waals surface area contributed by atoms with Crippen molar-refractivity contribution in [2.75, 3.05) is 39.6 Å². The third-order valence-corrected chi connectivity index (χ3v) is 6.46. The highest BCUT2D eigenvalue weighted by Gasteiger charge is 2.26. The van der Waals surface area contributed by atoms with Crippen molar-refractivity contribution in [3.63, 3.8) is 0 Å². The van der Waals surface area contributed by atoms with Crippen LogP contribution in [0.15, 0.2) is 47.4 Å². The topological polar surface area (TPSA) is 77.1 Å². The summed E-state index contributed by atoms with van der Waals surface area (Å²) < 4.78 is 44.5. The summed E-state index contributed by atoms with van der Waals surface area (Å²) in [4.78, 5) is 2.43. The SMILES string of the molecule is Cc1cccc([C@@H](CNS(=O)(=O)c2ccc3c(c2)OCO3)N2CCOCC2)c1. The summed E-state index contributed by atoms with van der Waals surface area (Å²) in [5, 5.41) is 0. The van der Waals surface area contributed by atoms with Crippen molar-refractivity contribution in [2.24, 2.45) is 0 Å². The number of nitrogens with one attached hydrogen (secondary N) is 1. The highest BCUT2D eigenvalue weighted by molar-refractivity contribution is 7.89. The molecule has 0 amide bonds. The molecule has 1 fully saturated rings. The fourth-order valence-corrected chi connectivity index (χ4v) is 4.59. The van der Waals surface area contributed by atoms with Crippen LogP contribution >= 0.6 is 0 Å². The van der Waals surface area contributed by atoms with Crippen LogP contribution in [0.3, 0.4) is 0 Å². The molecule has 0 aromatic heterocycles. The Balaban J connectivity index is 1.54. The average molecular weight is 404 g/mol. The van der Waals surface area contributed by atoms with Gasteiger partial charge >= 0.3 is 0 Å². The number of hydrogen-bond donors (Lipinski definition) is 1. The zero-order valence-corrected chi connectivity index (χ0v) is 16.6. The van der Waals surface area contributed by atoms with Gasteiger partial charge in [0, 0.05) is 31.7 Å². The highest BCUT2D eigenvalue weighted by Crippen LogP contribution is 2.34. The van der Waals surface area contributed by atoms with Crippen molar-refractivity contribution in [2.45, 2.75) is 17.9 Å². The third-order valence-electron chi connectivity index (χ3n) is 5.03. The molecule has 1 N–H and O–H groups in total. The lowest BCUT2D eigenvalue weighted by Gasteiger charge is -2.35. The first-order valence-electron chi connectivity index (χ1n) is 9.31. The predicted octanol–water partition coefficient (Wildman–Crippen LogP) is 2.08. The summed E-state index contributed by atoms with van der Waals surface area (Å²) in [5.41, 5.74) is 2.24. The maximum Gasteiger partial charge on any atom is 0.240 e. The molecule has 0 saturated carbocycles. The predicted molar refractivity (Wildman–Crippen MR) is 104 cm³/mol. The van der Waals surface area contributed by atoms with Crippen LogP contribution in [0.4, 0.5) is 0 Å². The van der Waals surface area contributed by atoms with E-state index in [-0.39, 0.29) is 24.3 Å². The molecule has 0 unspecified atom stereocenters. The quantitative estimate of drug-likeness (QED) is 0.794. The summed E-state index contributed by atoms with van der Waals surface area (Å²) >= 11 is 0. The molecule has 8 heteroatoms. The summed E-state index contributed by atoms with van der Waals surface area (Å²) in [6.07, 6.45) is 0. The van der Waals surface area contributed by atoms with Crippen LogP contribution < -0.4 is 14.2 Å². The normalized spacial score (nSPS) is 18.2. The number of sulfonamides is 1. The molecule has 4 rings (SSSR count). The number of benzene rings is 2. The molecule has 7 nitrogen and oxygen atoms in total. The molecule has 1 saturated heterocycles. The van der Waals surface area contributed by atoms with Gasteiger partial charge in [0.25, 0.3) is 0 Å². The van der Waals surface area contributed by atoms with Crippen molar-refractivity contribution in [3.05, 3.63) is 53.6 Å². The Kier molecular flexibility index (Phi) is 5.54. The first-order chi connectivity index (χ1) is 13.5. The monoisotopic (exact) mass is 404 g/mol. The van der Waals surface area contributed by atoms with Crippen molar-refractivity contribution in [1.82, 2.24) is 9.62 Å². The first-order valence-corrected chi connectivity index (χ1v) is 10.8. The van der Waals surface area contributed by atoms with Gasteiger partial charge in [-0.05, 0) is 24.6 Å². The van der Waals surface area contributed by atoms with E-state index in [0.717, 1.165) is 24.2 Å². The molecular weight excluding hydrogens is 380 g/mol. The minimum atomic E-state index is -3.68. The molecule has 2 aromatic rings. The van der Waals surface area contributed by atoms with Crippen LogP contribution in [0.2, 0.25) is 0 Å². The highest BCUT2D eigenvalue weighted by atomic mass is 32.2. The van der Waals surface area contributed by atoms with E-state index in [4.69, 9.17) is 14.2 Å². The number of rotatable bonds is 6. The van der Waals surface area contributed by atoms with Crippen LogP contribution in [0, 0.1) is 6.92 Å². The van der Waals surface area contributed by atoms with E-state index >= 15 is 0 Å². The number of nitrogens with zero attached hydrogens (tertiary/aromatic N) is 1. The largest absolute Gasteiger partial charge is 0.454 e. The van der Waals surface area contributed by atoms with Crippen LogP contribution in [0.1, 0.15) is 17.2 Å². The Hall–Kier alpha value is -2.13. The van der Waals surface area contributed by atoms with Gasteiger partial charge in [-0.15, -0.1) is 0 Å². The number of hydrogen-bond acceptors (Lipinski definition) is 6. The van der Waals surface area contributed by atoms with E-state index in [9.17, 15) is 8.42 Å². The molecule has 150 valence electrons. The van der Waals surface area contributed by atoms with Crippen molar-refractivity contribution in [3.8, 4) is 11.5 Å². The second kappa shape index (κ2) is 8.08. The van der Waals surface area contributed by atoms with E-state index in [1.54, 1.807) is 6.07 Å². The van der Waals surface area contributed by atoms with Crippen LogP contribution in [-0.2, 0) is 14.8 Å². The molecule has 2 aliphatic heterocycles. The Labute approximate surface area is 165 Å². The fourth-order valence-electron chi connectivity index (χ4n) is 3.54. The lowest BCUT2D eigenvalue weighted by atomic mass is 10.0. The second-order valence-electron chi connectivity index (χ2n) is 6.95. The maximum absolute atomic E-state index is 12.9. The summed E-state index contributed by atoms with van der Waals surface area (Å²) in [5.74, 6) is 1.01. The van der Waals surface area contributed by atoms with Crippen LogP contribution in [0.5, 0.6) is 11.5 Å². The first kappa shape index (κ1) is 19.2.